The number of aryl methyl sites for hydroxylation is 2. The molecular weight excluding hydrogens is 340 g/mol. The number of nitrogens with zero attached hydrogens (tertiary/aromatic N) is 2. The van der Waals surface area contributed by atoms with E-state index in [-0.39, 0.29) is 17.3 Å². The van der Waals surface area contributed by atoms with Gasteiger partial charge in [-0.25, -0.2) is 0 Å². The van der Waals surface area contributed by atoms with Gasteiger partial charge in [0.2, 0.25) is 0 Å². The molecule has 0 saturated heterocycles. The number of hydrogen-bond donors (Lipinski definition) is 1. The SMILES string of the molecule is Cc1ccc(C)c(CN2C(=O)C(O)=C(C(=O)C(C)C)C2c2ccncc2)c1. The number of benzene rings is 1. The van der Waals surface area contributed by atoms with Crippen LogP contribution in [0.4, 0.5) is 0 Å². The van der Waals surface area contributed by atoms with Crippen LogP contribution in [0, 0.1) is 19.8 Å². The van der Waals surface area contributed by atoms with Crippen LogP contribution in [0.2, 0.25) is 0 Å². The van der Waals surface area contributed by atoms with Crippen LogP contribution in [0.15, 0.2) is 54.1 Å². The van der Waals surface area contributed by atoms with Crippen molar-refractivity contribution in [2.75, 3.05) is 0 Å². The van der Waals surface area contributed by atoms with Crippen LogP contribution in [0.25, 0.3) is 0 Å². The molecule has 0 saturated carbocycles. The van der Waals surface area contributed by atoms with Gasteiger partial charge in [-0.2, -0.15) is 0 Å². The van der Waals surface area contributed by atoms with Crippen LogP contribution < -0.4 is 0 Å². The van der Waals surface area contributed by atoms with Crippen LogP contribution in [0.5, 0.6) is 0 Å². The van der Waals surface area contributed by atoms with Gasteiger partial charge in [0.15, 0.2) is 11.5 Å². The van der Waals surface area contributed by atoms with Gasteiger partial charge < -0.3 is 10.0 Å². The molecule has 0 spiro atoms. The molecular formula is C22H24N2O3. The summed E-state index contributed by atoms with van der Waals surface area (Å²) >= 11 is 0. The molecule has 2 heterocycles. The number of pyridine rings is 1. The second-order valence-electron chi connectivity index (χ2n) is 7.33. The lowest BCUT2D eigenvalue weighted by atomic mass is 9.91. The highest BCUT2D eigenvalue weighted by Crippen LogP contribution is 2.39. The summed E-state index contributed by atoms with van der Waals surface area (Å²) in [7, 11) is 0. The molecule has 0 aliphatic carbocycles. The lowest BCUT2D eigenvalue weighted by molar-refractivity contribution is -0.130. The Balaban J connectivity index is 2.09. The first-order valence-electron chi connectivity index (χ1n) is 9.05. The number of amides is 1. The molecule has 5 nitrogen and oxygen atoms in total. The van der Waals surface area contributed by atoms with E-state index < -0.39 is 17.7 Å². The Morgan fingerprint density at radius 2 is 1.85 bits per heavy atom. The molecule has 140 valence electrons. The van der Waals surface area contributed by atoms with Gasteiger partial charge in [0.05, 0.1) is 11.6 Å². The fraction of sp³-hybridized carbons (Fsp3) is 0.318. The van der Waals surface area contributed by atoms with Gasteiger partial charge in [-0.05, 0) is 42.7 Å². The van der Waals surface area contributed by atoms with Crippen molar-refractivity contribution < 1.29 is 14.7 Å². The molecule has 2 aromatic rings. The number of aliphatic hydroxyl groups excluding tert-OH is 1. The van der Waals surface area contributed by atoms with Crippen molar-refractivity contribution in [3.8, 4) is 0 Å². The van der Waals surface area contributed by atoms with Gasteiger partial charge in [-0.3, -0.25) is 14.6 Å². The van der Waals surface area contributed by atoms with Crippen molar-refractivity contribution in [3.63, 3.8) is 0 Å². The van der Waals surface area contributed by atoms with Crippen molar-refractivity contribution in [1.82, 2.24) is 9.88 Å². The van der Waals surface area contributed by atoms with E-state index in [9.17, 15) is 14.7 Å². The van der Waals surface area contributed by atoms with E-state index in [0.29, 0.717) is 6.54 Å². The zero-order valence-electron chi connectivity index (χ0n) is 16.1. The molecule has 1 aliphatic rings. The molecule has 1 atom stereocenters. The Kier molecular flexibility index (Phi) is 5.13. The van der Waals surface area contributed by atoms with E-state index in [2.05, 4.69) is 4.98 Å². The molecule has 5 heteroatoms. The average molecular weight is 364 g/mol. The first-order chi connectivity index (χ1) is 12.8. The fourth-order valence-corrected chi connectivity index (χ4v) is 3.43. The quantitative estimate of drug-likeness (QED) is 0.876. The zero-order valence-corrected chi connectivity index (χ0v) is 16.1. The predicted octanol–water partition coefficient (Wildman–Crippen LogP) is 3.82. The first kappa shape index (κ1) is 18.8. The van der Waals surface area contributed by atoms with E-state index >= 15 is 0 Å². The third-order valence-electron chi connectivity index (χ3n) is 4.96. The van der Waals surface area contributed by atoms with E-state index in [0.717, 1.165) is 22.3 Å². The van der Waals surface area contributed by atoms with E-state index in [1.165, 1.54) is 0 Å². The highest BCUT2D eigenvalue weighted by atomic mass is 16.3. The minimum atomic E-state index is -0.615. The Hall–Kier alpha value is -2.95. The molecule has 1 aromatic carbocycles. The number of carbonyl (C=O) groups excluding carboxylic acids is 2. The minimum Gasteiger partial charge on any atom is -0.503 e. The predicted molar refractivity (Wildman–Crippen MR) is 103 cm³/mol. The van der Waals surface area contributed by atoms with Gasteiger partial charge in [0, 0.05) is 24.9 Å². The Morgan fingerprint density at radius 3 is 2.48 bits per heavy atom. The van der Waals surface area contributed by atoms with E-state index in [4.69, 9.17) is 0 Å². The number of rotatable bonds is 5. The molecule has 1 N–H and O–H groups in total. The van der Waals surface area contributed by atoms with Crippen molar-refractivity contribution >= 4 is 11.7 Å². The Morgan fingerprint density at radius 1 is 1.19 bits per heavy atom. The maximum atomic E-state index is 12.9. The normalized spacial score (nSPS) is 17.1. The number of Topliss-reactive ketones (excluding diaryl/α,β-unsaturated/α-hetero) is 1. The molecule has 0 radical (unpaired) electrons. The summed E-state index contributed by atoms with van der Waals surface area (Å²) in [5.74, 6) is -1.49. The number of aliphatic hydroxyl groups is 1. The summed E-state index contributed by atoms with van der Waals surface area (Å²) in [6.07, 6.45) is 3.26. The molecule has 1 aliphatic heterocycles. The van der Waals surface area contributed by atoms with Gasteiger partial charge in [-0.1, -0.05) is 37.6 Å². The standard InChI is InChI=1S/C22H24N2O3/c1-13(2)20(25)18-19(16-7-9-23-10-8-16)24(22(27)21(18)26)12-17-11-14(3)5-6-15(17)4/h5-11,13,19,26H,12H2,1-4H3. The van der Waals surface area contributed by atoms with Crippen molar-refractivity contribution in [2.45, 2.75) is 40.3 Å². The minimum absolute atomic E-state index is 0.173. The van der Waals surface area contributed by atoms with Gasteiger partial charge in [0.1, 0.15) is 0 Å². The smallest absolute Gasteiger partial charge is 0.290 e. The third-order valence-corrected chi connectivity index (χ3v) is 4.96. The largest absolute Gasteiger partial charge is 0.503 e. The van der Waals surface area contributed by atoms with Gasteiger partial charge in [0.25, 0.3) is 5.91 Å². The third kappa shape index (κ3) is 3.50. The highest BCUT2D eigenvalue weighted by Gasteiger charge is 2.43. The highest BCUT2D eigenvalue weighted by molar-refractivity contribution is 6.09. The second-order valence-corrected chi connectivity index (χ2v) is 7.33. The molecule has 1 aromatic heterocycles. The van der Waals surface area contributed by atoms with Crippen molar-refractivity contribution in [2.24, 2.45) is 5.92 Å². The second kappa shape index (κ2) is 7.35. The molecule has 0 fully saturated rings. The Bertz CT molecular complexity index is 916. The maximum Gasteiger partial charge on any atom is 0.290 e. The molecule has 1 unspecified atom stereocenters. The molecule has 3 rings (SSSR count). The van der Waals surface area contributed by atoms with Crippen molar-refractivity contribution in [1.29, 1.82) is 0 Å². The number of ketones is 1. The van der Waals surface area contributed by atoms with Gasteiger partial charge in [-0.15, -0.1) is 0 Å². The topological polar surface area (TPSA) is 70.5 Å². The number of hydrogen-bond acceptors (Lipinski definition) is 4. The summed E-state index contributed by atoms with van der Waals surface area (Å²) in [6, 6.07) is 9.01. The Labute approximate surface area is 159 Å². The monoisotopic (exact) mass is 364 g/mol. The van der Waals surface area contributed by atoms with E-state index in [1.807, 2.05) is 32.0 Å². The molecule has 27 heavy (non-hydrogen) atoms. The van der Waals surface area contributed by atoms with Crippen LogP contribution in [0.1, 0.15) is 42.1 Å². The summed E-state index contributed by atoms with van der Waals surface area (Å²) < 4.78 is 0. The number of aromatic nitrogens is 1. The van der Waals surface area contributed by atoms with Crippen LogP contribution in [-0.2, 0) is 16.1 Å². The first-order valence-corrected chi connectivity index (χ1v) is 9.05. The van der Waals surface area contributed by atoms with Crippen molar-refractivity contribution in [3.05, 3.63) is 76.3 Å². The summed E-state index contributed by atoms with van der Waals surface area (Å²) in [4.78, 5) is 31.3. The lowest BCUT2D eigenvalue weighted by Gasteiger charge is -2.28. The molecule has 1 amide bonds. The summed E-state index contributed by atoms with van der Waals surface area (Å²) in [5.41, 5.74) is 4.08. The summed E-state index contributed by atoms with van der Waals surface area (Å²) in [6.45, 7) is 7.84. The maximum absolute atomic E-state index is 12.9. The van der Waals surface area contributed by atoms with Crippen LogP contribution in [-0.4, -0.2) is 26.7 Å². The zero-order chi connectivity index (χ0) is 19.7. The van der Waals surface area contributed by atoms with Crippen LogP contribution >= 0.6 is 0 Å². The average Bonchev–Trinajstić information content (AvgIpc) is 2.89. The van der Waals surface area contributed by atoms with E-state index in [1.54, 1.807) is 43.3 Å². The van der Waals surface area contributed by atoms with Gasteiger partial charge >= 0.3 is 0 Å². The fourth-order valence-electron chi connectivity index (χ4n) is 3.43. The summed E-state index contributed by atoms with van der Waals surface area (Å²) in [5, 5.41) is 10.5. The van der Waals surface area contributed by atoms with Crippen LogP contribution in [0.3, 0.4) is 0 Å². The lowest BCUT2D eigenvalue weighted by Crippen LogP contribution is -2.31. The molecule has 0 bridgehead atoms. The number of carbonyl (C=O) groups is 2.